The second kappa shape index (κ2) is 8.15. The van der Waals surface area contributed by atoms with E-state index in [1.165, 1.54) is 7.11 Å². The summed E-state index contributed by atoms with van der Waals surface area (Å²) in [5.74, 6) is 0.103. The molecular weight excluding hydrogens is 304 g/mol. The zero-order chi connectivity index (χ0) is 15.9. The summed E-state index contributed by atoms with van der Waals surface area (Å²) in [5.41, 5.74) is 0.879. The first-order valence-corrected chi connectivity index (χ1v) is 7.86. The van der Waals surface area contributed by atoms with Gasteiger partial charge in [-0.1, -0.05) is 11.6 Å². The predicted octanol–water partition coefficient (Wildman–Crippen LogP) is 2.84. The molecule has 1 aromatic rings. The summed E-state index contributed by atoms with van der Waals surface area (Å²) in [4.78, 5) is 23.4. The van der Waals surface area contributed by atoms with E-state index in [2.05, 4.69) is 15.4 Å². The summed E-state index contributed by atoms with van der Waals surface area (Å²) in [6.45, 7) is 2.08. The van der Waals surface area contributed by atoms with Crippen LogP contribution in [0, 0.1) is 5.92 Å². The van der Waals surface area contributed by atoms with Gasteiger partial charge in [0, 0.05) is 12.1 Å². The highest BCUT2D eigenvalue weighted by atomic mass is 35.5. The Kier molecular flexibility index (Phi) is 6.21. The number of amides is 1. The molecule has 0 spiro atoms. The lowest BCUT2D eigenvalue weighted by Crippen LogP contribution is -2.28. The first kappa shape index (κ1) is 16.8. The zero-order valence-corrected chi connectivity index (χ0v) is 13.4. The minimum absolute atomic E-state index is 0.0274. The van der Waals surface area contributed by atoms with Gasteiger partial charge in [-0.05, 0) is 56.5 Å². The average molecular weight is 325 g/mol. The Bertz CT molecular complexity index is 542. The summed E-state index contributed by atoms with van der Waals surface area (Å²) in [5, 5.41) is 6.40. The number of benzene rings is 1. The molecule has 22 heavy (non-hydrogen) atoms. The van der Waals surface area contributed by atoms with Crippen molar-refractivity contribution >= 4 is 29.2 Å². The standard InChI is InChI=1S/C16H21ClN2O3/c1-22-16(21)13-4-3-12(10-14(13)17)19-15(20)5-2-11-6-8-18-9-7-11/h3-4,10-11,18H,2,5-9H2,1H3,(H,19,20). The fourth-order valence-electron chi connectivity index (χ4n) is 2.60. The molecule has 0 atom stereocenters. The van der Waals surface area contributed by atoms with E-state index in [4.69, 9.17) is 11.6 Å². The first-order valence-electron chi connectivity index (χ1n) is 7.48. The van der Waals surface area contributed by atoms with Crippen LogP contribution < -0.4 is 10.6 Å². The van der Waals surface area contributed by atoms with Gasteiger partial charge in [0.1, 0.15) is 0 Å². The van der Waals surface area contributed by atoms with Crippen LogP contribution in [0.5, 0.6) is 0 Å². The number of hydrogen-bond acceptors (Lipinski definition) is 4. The Labute approximate surface area is 135 Å². The number of hydrogen-bond donors (Lipinski definition) is 2. The van der Waals surface area contributed by atoms with E-state index in [0.717, 1.165) is 32.4 Å². The number of anilines is 1. The van der Waals surface area contributed by atoms with Gasteiger partial charge in [-0.15, -0.1) is 0 Å². The fraction of sp³-hybridized carbons (Fsp3) is 0.500. The molecule has 0 unspecified atom stereocenters. The van der Waals surface area contributed by atoms with Crippen molar-refractivity contribution in [1.82, 2.24) is 5.32 Å². The number of rotatable bonds is 5. The van der Waals surface area contributed by atoms with Crippen LogP contribution in [0.25, 0.3) is 0 Å². The molecule has 1 saturated heterocycles. The molecule has 1 aliphatic rings. The number of halogens is 1. The second-order valence-electron chi connectivity index (χ2n) is 5.47. The van der Waals surface area contributed by atoms with Gasteiger partial charge in [0.25, 0.3) is 0 Å². The van der Waals surface area contributed by atoms with Crippen LogP contribution in [-0.4, -0.2) is 32.1 Å². The van der Waals surface area contributed by atoms with Gasteiger partial charge in [0.05, 0.1) is 17.7 Å². The maximum Gasteiger partial charge on any atom is 0.339 e. The molecule has 0 aromatic heterocycles. The van der Waals surface area contributed by atoms with E-state index in [0.29, 0.717) is 18.0 Å². The highest BCUT2D eigenvalue weighted by Crippen LogP contribution is 2.23. The van der Waals surface area contributed by atoms with Crippen LogP contribution in [0.1, 0.15) is 36.0 Å². The highest BCUT2D eigenvalue weighted by Gasteiger charge is 2.15. The van der Waals surface area contributed by atoms with Crippen molar-refractivity contribution in [2.24, 2.45) is 5.92 Å². The predicted molar refractivity (Wildman–Crippen MR) is 86.2 cm³/mol. The molecule has 2 N–H and O–H groups in total. The molecule has 1 aliphatic heterocycles. The van der Waals surface area contributed by atoms with Crippen molar-refractivity contribution in [2.75, 3.05) is 25.5 Å². The third kappa shape index (κ3) is 4.71. The summed E-state index contributed by atoms with van der Waals surface area (Å²) in [6, 6.07) is 4.77. The molecule has 1 aromatic carbocycles. The van der Waals surface area contributed by atoms with Gasteiger partial charge in [-0.2, -0.15) is 0 Å². The topological polar surface area (TPSA) is 67.4 Å². The van der Waals surface area contributed by atoms with Crippen molar-refractivity contribution in [3.8, 4) is 0 Å². The average Bonchev–Trinajstić information content (AvgIpc) is 2.53. The van der Waals surface area contributed by atoms with Crippen molar-refractivity contribution < 1.29 is 14.3 Å². The molecule has 0 aliphatic carbocycles. The van der Waals surface area contributed by atoms with Crippen LogP contribution >= 0.6 is 11.6 Å². The van der Waals surface area contributed by atoms with Crippen molar-refractivity contribution in [1.29, 1.82) is 0 Å². The van der Waals surface area contributed by atoms with Crippen molar-refractivity contribution in [2.45, 2.75) is 25.7 Å². The Morgan fingerprint density at radius 2 is 2.09 bits per heavy atom. The number of piperidine rings is 1. The molecule has 5 nitrogen and oxygen atoms in total. The molecular formula is C16H21ClN2O3. The Morgan fingerprint density at radius 1 is 1.36 bits per heavy atom. The van der Waals surface area contributed by atoms with Gasteiger partial charge in [0.15, 0.2) is 0 Å². The first-order chi connectivity index (χ1) is 10.6. The molecule has 1 fully saturated rings. The molecule has 0 bridgehead atoms. The number of esters is 1. The van der Waals surface area contributed by atoms with E-state index in [-0.39, 0.29) is 16.5 Å². The van der Waals surface area contributed by atoms with E-state index < -0.39 is 5.97 Å². The summed E-state index contributed by atoms with van der Waals surface area (Å²) < 4.78 is 4.63. The van der Waals surface area contributed by atoms with Gasteiger partial charge in [-0.25, -0.2) is 4.79 Å². The molecule has 2 rings (SSSR count). The third-order valence-electron chi connectivity index (χ3n) is 3.90. The molecule has 6 heteroatoms. The summed E-state index contributed by atoms with van der Waals surface area (Å²) >= 11 is 6.03. The lowest BCUT2D eigenvalue weighted by Gasteiger charge is -2.22. The Hall–Kier alpha value is -1.59. The fourth-order valence-corrected chi connectivity index (χ4v) is 2.86. The molecule has 120 valence electrons. The second-order valence-corrected chi connectivity index (χ2v) is 5.87. The van der Waals surface area contributed by atoms with E-state index in [1.807, 2.05) is 0 Å². The number of carbonyl (C=O) groups excluding carboxylic acids is 2. The molecule has 1 amide bonds. The van der Waals surface area contributed by atoms with Crippen LogP contribution in [-0.2, 0) is 9.53 Å². The summed E-state index contributed by atoms with van der Waals surface area (Å²) in [6.07, 6.45) is 3.67. The van der Waals surface area contributed by atoms with E-state index in [1.54, 1.807) is 18.2 Å². The van der Waals surface area contributed by atoms with Crippen molar-refractivity contribution in [3.05, 3.63) is 28.8 Å². The molecule has 0 saturated carbocycles. The van der Waals surface area contributed by atoms with Crippen molar-refractivity contribution in [3.63, 3.8) is 0 Å². The lowest BCUT2D eigenvalue weighted by atomic mass is 9.93. The highest BCUT2D eigenvalue weighted by molar-refractivity contribution is 6.33. The number of methoxy groups -OCH3 is 1. The number of carbonyl (C=O) groups is 2. The monoisotopic (exact) mass is 324 g/mol. The van der Waals surface area contributed by atoms with Crippen LogP contribution in [0.3, 0.4) is 0 Å². The maximum atomic E-state index is 12.0. The molecule has 0 radical (unpaired) electrons. The van der Waals surface area contributed by atoms with Crippen LogP contribution in [0.4, 0.5) is 5.69 Å². The number of nitrogens with one attached hydrogen (secondary N) is 2. The Balaban J connectivity index is 1.85. The normalized spacial score (nSPS) is 15.4. The van der Waals surface area contributed by atoms with Crippen LogP contribution in [0.2, 0.25) is 5.02 Å². The Morgan fingerprint density at radius 3 is 2.73 bits per heavy atom. The van der Waals surface area contributed by atoms with E-state index >= 15 is 0 Å². The minimum atomic E-state index is -0.492. The smallest absolute Gasteiger partial charge is 0.339 e. The van der Waals surface area contributed by atoms with Gasteiger partial charge >= 0.3 is 5.97 Å². The quantitative estimate of drug-likeness (QED) is 0.817. The zero-order valence-electron chi connectivity index (χ0n) is 12.7. The largest absolute Gasteiger partial charge is 0.465 e. The van der Waals surface area contributed by atoms with Gasteiger partial charge < -0.3 is 15.4 Å². The van der Waals surface area contributed by atoms with Gasteiger partial charge in [0.2, 0.25) is 5.91 Å². The van der Waals surface area contributed by atoms with Crippen LogP contribution in [0.15, 0.2) is 18.2 Å². The minimum Gasteiger partial charge on any atom is -0.465 e. The van der Waals surface area contributed by atoms with Gasteiger partial charge in [-0.3, -0.25) is 4.79 Å². The number of ether oxygens (including phenoxy) is 1. The van der Waals surface area contributed by atoms with E-state index in [9.17, 15) is 9.59 Å². The third-order valence-corrected chi connectivity index (χ3v) is 4.21. The lowest BCUT2D eigenvalue weighted by molar-refractivity contribution is -0.116. The molecule has 1 heterocycles. The maximum absolute atomic E-state index is 12.0. The SMILES string of the molecule is COC(=O)c1ccc(NC(=O)CCC2CCNCC2)cc1Cl. The summed E-state index contributed by atoms with van der Waals surface area (Å²) in [7, 11) is 1.30.